The molecule has 3 rings (SSSR count). The molecule has 1 heterocycles. The van der Waals surface area contributed by atoms with E-state index >= 15 is 0 Å². The van der Waals surface area contributed by atoms with Crippen LogP contribution in [0.2, 0.25) is 0 Å². The maximum atomic E-state index is 12.4. The normalized spacial score (nSPS) is 18.1. The lowest BCUT2D eigenvalue weighted by molar-refractivity contribution is -0.122. The van der Waals surface area contributed by atoms with Crippen molar-refractivity contribution in [1.82, 2.24) is 0 Å². The first-order valence-corrected chi connectivity index (χ1v) is 8.92. The number of hydrogen-bond acceptors (Lipinski definition) is 3. The average Bonchev–Trinajstić information content (AvgIpc) is 2.62. The lowest BCUT2D eigenvalue weighted by Gasteiger charge is -2.30. The van der Waals surface area contributed by atoms with E-state index in [9.17, 15) is 9.59 Å². The second kappa shape index (κ2) is 7.79. The third kappa shape index (κ3) is 3.78. The Labute approximate surface area is 143 Å². The van der Waals surface area contributed by atoms with E-state index in [4.69, 9.17) is 4.74 Å². The van der Waals surface area contributed by atoms with E-state index in [1.807, 2.05) is 18.2 Å². The third-order valence-corrected chi connectivity index (χ3v) is 5.01. The van der Waals surface area contributed by atoms with Gasteiger partial charge < -0.3 is 15.0 Å². The average molecular weight is 330 g/mol. The number of carbonyl (C=O) groups excluding carboxylic acids is 2. The Morgan fingerprint density at radius 2 is 2.00 bits per heavy atom. The van der Waals surface area contributed by atoms with Crippen molar-refractivity contribution in [2.45, 2.75) is 44.9 Å². The van der Waals surface area contributed by atoms with Crippen LogP contribution in [0.1, 0.15) is 44.1 Å². The van der Waals surface area contributed by atoms with Crippen molar-refractivity contribution in [2.24, 2.45) is 5.92 Å². The van der Waals surface area contributed by atoms with Crippen molar-refractivity contribution in [3.05, 3.63) is 23.8 Å². The van der Waals surface area contributed by atoms with Gasteiger partial charge in [0.25, 0.3) is 5.91 Å². The van der Waals surface area contributed by atoms with Crippen LogP contribution >= 0.6 is 0 Å². The van der Waals surface area contributed by atoms with E-state index in [1.165, 1.54) is 13.5 Å². The molecule has 1 N–H and O–H groups in total. The molecule has 0 aromatic heterocycles. The highest BCUT2D eigenvalue weighted by molar-refractivity contribution is 5.97. The molecular formula is C19H26N2O3. The van der Waals surface area contributed by atoms with Crippen LogP contribution < -0.4 is 10.2 Å². The van der Waals surface area contributed by atoms with Gasteiger partial charge in [-0.1, -0.05) is 19.3 Å². The van der Waals surface area contributed by atoms with Crippen molar-refractivity contribution >= 4 is 23.2 Å². The highest BCUT2D eigenvalue weighted by atomic mass is 16.5. The zero-order chi connectivity index (χ0) is 16.9. The number of methoxy groups -OCH3 is 1. The van der Waals surface area contributed by atoms with Gasteiger partial charge in [0.15, 0.2) is 0 Å². The largest absolute Gasteiger partial charge is 0.375 e. The first-order chi connectivity index (χ1) is 11.7. The number of nitrogens with one attached hydrogen (secondary N) is 1. The number of aryl methyl sites for hydroxylation is 1. The Balaban J connectivity index is 1.71. The summed E-state index contributed by atoms with van der Waals surface area (Å²) in [5.74, 6) is 0.268. The molecule has 1 aliphatic carbocycles. The molecule has 24 heavy (non-hydrogen) atoms. The molecule has 1 aromatic rings. The van der Waals surface area contributed by atoms with Crippen LogP contribution in [0.3, 0.4) is 0 Å². The molecule has 0 saturated heterocycles. The SMILES string of the molecule is COCC(=O)N1CCCc2cc(NC(=O)C3CCCCC3)ccc21. The van der Waals surface area contributed by atoms with E-state index in [0.29, 0.717) is 0 Å². The minimum absolute atomic E-state index is 0.0163. The molecule has 0 unspecified atom stereocenters. The van der Waals surface area contributed by atoms with Gasteiger partial charge in [-0.3, -0.25) is 9.59 Å². The molecule has 2 amide bonds. The van der Waals surface area contributed by atoms with Crippen molar-refractivity contribution in [2.75, 3.05) is 30.5 Å². The standard InChI is InChI=1S/C19H26N2O3/c1-24-13-18(22)21-11-5-8-15-12-16(9-10-17(15)21)20-19(23)14-6-3-2-4-7-14/h9-10,12,14H,2-8,11,13H2,1H3,(H,20,23). The van der Waals surface area contributed by atoms with E-state index in [-0.39, 0.29) is 24.3 Å². The minimum Gasteiger partial charge on any atom is -0.375 e. The molecule has 1 aliphatic heterocycles. The van der Waals surface area contributed by atoms with Gasteiger partial charge in [-0.25, -0.2) is 0 Å². The van der Waals surface area contributed by atoms with Crippen LogP contribution in [-0.2, 0) is 20.7 Å². The van der Waals surface area contributed by atoms with E-state index in [1.54, 1.807) is 4.90 Å². The number of ether oxygens (including phenoxy) is 1. The molecule has 0 bridgehead atoms. The molecule has 1 fully saturated rings. The summed E-state index contributed by atoms with van der Waals surface area (Å²) in [5.41, 5.74) is 2.90. The van der Waals surface area contributed by atoms with Crippen molar-refractivity contribution in [3.63, 3.8) is 0 Å². The lowest BCUT2D eigenvalue weighted by atomic mass is 9.88. The Kier molecular flexibility index (Phi) is 5.51. The molecular weight excluding hydrogens is 304 g/mol. The van der Waals surface area contributed by atoms with Crippen LogP contribution in [0.5, 0.6) is 0 Å². The summed E-state index contributed by atoms with van der Waals surface area (Å²) in [7, 11) is 1.53. The molecule has 2 aliphatic rings. The fourth-order valence-corrected chi connectivity index (χ4v) is 3.74. The van der Waals surface area contributed by atoms with Crippen LogP contribution in [0, 0.1) is 5.92 Å². The number of hydrogen-bond donors (Lipinski definition) is 1. The smallest absolute Gasteiger partial charge is 0.252 e. The van der Waals surface area contributed by atoms with Crippen LogP contribution in [0.25, 0.3) is 0 Å². The summed E-state index contributed by atoms with van der Waals surface area (Å²) in [6.07, 6.45) is 7.40. The van der Waals surface area contributed by atoms with E-state index in [0.717, 1.165) is 62.0 Å². The van der Waals surface area contributed by atoms with Gasteiger partial charge in [-0.05, 0) is 49.4 Å². The van der Waals surface area contributed by atoms with Crippen LogP contribution in [-0.4, -0.2) is 32.1 Å². The summed E-state index contributed by atoms with van der Waals surface area (Å²) in [6.45, 7) is 0.822. The zero-order valence-electron chi connectivity index (χ0n) is 14.3. The van der Waals surface area contributed by atoms with E-state index < -0.39 is 0 Å². The molecule has 5 heteroatoms. The van der Waals surface area contributed by atoms with Crippen molar-refractivity contribution in [3.8, 4) is 0 Å². The molecule has 0 spiro atoms. The van der Waals surface area contributed by atoms with Crippen molar-refractivity contribution < 1.29 is 14.3 Å². The minimum atomic E-state index is -0.0163. The molecule has 1 aromatic carbocycles. The Hall–Kier alpha value is -1.88. The molecule has 0 atom stereocenters. The van der Waals surface area contributed by atoms with Gasteiger partial charge in [-0.15, -0.1) is 0 Å². The fraction of sp³-hybridized carbons (Fsp3) is 0.579. The summed E-state index contributed by atoms with van der Waals surface area (Å²) in [6, 6.07) is 5.86. The van der Waals surface area contributed by atoms with E-state index in [2.05, 4.69) is 5.32 Å². The number of rotatable bonds is 4. The maximum Gasteiger partial charge on any atom is 0.252 e. The summed E-state index contributed by atoms with van der Waals surface area (Å²) in [5, 5.41) is 3.06. The van der Waals surface area contributed by atoms with Crippen LogP contribution in [0.15, 0.2) is 18.2 Å². The molecule has 0 radical (unpaired) electrons. The predicted molar refractivity (Wildman–Crippen MR) is 94.2 cm³/mol. The first kappa shape index (κ1) is 17.0. The number of carbonyl (C=O) groups is 2. The lowest BCUT2D eigenvalue weighted by Crippen LogP contribution is -2.37. The number of anilines is 2. The van der Waals surface area contributed by atoms with Gasteiger partial charge in [0.2, 0.25) is 5.91 Å². The molecule has 130 valence electrons. The number of nitrogens with zero attached hydrogens (tertiary/aromatic N) is 1. The highest BCUT2D eigenvalue weighted by Crippen LogP contribution is 2.31. The first-order valence-electron chi connectivity index (χ1n) is 8.92. The van der Waals surface area contributed by atoms with Gasteiger partial charge in [0, 0.05) is 30.9 Å². The topological polar surface area (TPSA) is 58.6 Å². The molecule has 1 saturated carbocycles. The Morgan fingerprint density at radius 3 is 2.75 bits per heavy atom. The molecule has 5 nitrogen and oxygen atoms in total. The maximum absolute atomic E-state index is 12.4. The summed E-state index contributed by atoms with van der Waals surface area (Å²) >= 11 is 0. The second-order valence-corrected chi connectivity index (χ2v) is 6.75. The van der Waals surface area contributed by atoms with Gasteiger partial charge in [0.05, 0.1) is 0 Å². The van der Waals surface area contributed by atoms with Gasteiger partial charge >= 0.3 is 0 Å². The summed E-state index contributed by atoms with van der Waals surface area (Å²) in [4.78, 5) is 26.3. The number of benzene rings is 1. The number of fused-ring (bicyclic) bond motifs is 1. The predicted octanol–water partition coefficient (Wildman–Crippen LogP) is 3.13. The Morgan fingerprint density at radius 1 is 1.21 bits per heavy atom. The third-order valence-electron chi connectivity index (χ3n) is 5.01. The second-order valence-electron chi connectivity index (χ2n) is 6.75. The van der Waals surface area contributed by atoms with Crippen molar-refractivity contribution in [1.29, 1.82) is 0 Å². The number of amides is 2. The highest BCUT2D eigenvalue weighted by Gasteiger charge is 2.24. The van der Waals surface area contributed by atoms with Crippen LogP contribution in [0.4, 0.5) is 11.4 Å². The van der Waals surface area contributed by atoms with Gasteiger partial charge in [0.1, 0.15) is 6.61 Å². The monoisotopic (exact) mass is 330 g/mol. The Bertz CT molecular complexity index is 609. The summed E-state index contributed by atoms with van der Waals surface area (Å²) < 4.78 is 4.97. The van der Waals surface area contributed by atoms with Gasteiger partial charge in [-0.2, -0.15) is 0 Å². The fourth-order valence-electron chi connectivity index (χ4n) is 3.74. The quantitative estimate of drug-likeness (QED) is 0.923. The zero-order valence-corrected chi connectivity index (χ0v) is 14.3.